The summed E-state index contributed by atoms with van der Waals surface area (Å²) in [7, 11) is 0. The Bertz CT molecular complexity index is 556. The molecule has 0 spiro atoms. The average molecular weight is 360 g/mol. The first-order chi connectivity index (χ1) is 11.5. The molecule has 25 heavy (non-hydrogen) atoms. The van der Waals surface area contributed by atoms with E-state index in [-0.39, 0.29) is 18.5 Å². The minimum absolute atomic E-state index is 0.0173. The van der Waals surface area contributed by atoms with Crippen LogP contribution in [0.4, 0.5) is 13.6 Å². The monoisotopic (exact) mass is 360 g/mol. The highest BCUT2D eigenvalue weighted by molar-refractivity contribution is 5.68. The molecule has 0 radical (unpaired) electrons. The predicted molar refractivity (Wildman–Crippen MR) is 88.9 cm³/mol. The van der Waals surface area contributed by atoms with E-state index in [9.17, 15) is 23.8 Å². The summed E-state index contributed by atoms with van der Waals surface area (Å²) in [5, 5.41) is 24.6. The number of benzene rings is 1. The molecule has 0 saturated carbocycles. The van der Waals surface area contributed by atoms with Gasteiger partial charge in [0.15, 0.2) is 0 Å². The van der Waals surface area contributed by atoms with Gasteiger partial charge in [0.2, 0.25) is 0 Å². The van der Waals surface area contributed by atoms with Crippen LogP contribution in [0, 0.1) is 11.6 Å². The molecular weight excluding hydrogens is 334 g/mol. The lowest BCUT2D eigenvalue weighted by Crippen LogP contribution is -2.50. The van der Waals surface area contributed by atoms with Crippen LogP contribution in [0.2, 0.25) is 0 Å². The number of alkyl carbamates (subject to hydrolysis) is 1. The number of halogens is 2. The number of amides is 1. The summed E-state index contributed by atoms with van der Waals surface area (Å²) < 4.78 is 31.9. The molecule has 1 aromatic carbocycles. The molecule has 0 aliphatic carbocycles. The third-order valence-corrected chi connectivity index (χ3v) is 3.17. The molecule has 0 aromatic heterocycles. The van der Waals surface area contributed by atoms with Crippen LogP contribution in [0.5, 0.6) is 0 Å². The summed E-state index contributed by atoms with van der Waals surface area (Å²) in [5.74, 6) is -1.50. The van der Waals surface area contributed by atoms with Crippen molar-refractivity contribution in [1.29, 1.82) is 0 Å². The quantitative estimate of drug-likeness (QED) is 0.556. The molecule has 0 aliphatic heterocycles. The van der Waals surface area contributed by atoms with Gasteiger partial charge >= 0.3 is 6.09 Å². The first kappa shape index (κ1) is 21.3. The van der Waals surface area contributed by atoms with Crippen LogP contribution in [-0.4, -0.2) is 46.8 Å². The fourth-order valence-corrected chi connectivity index (χ4v) is 2.16. The first-order valence-electron chi connectivity index (χ1n) is 8.00. The van der Waals surface area contributed by atoms with Crippen molar-refractivity contribution in [2.75, 3.05) is 6.54 Å². The maximum Gasteiger partial charge on any atom is 0.407 e. The fraction of sp³-hybridized carbons (Fsp3) is 0.588. The topological polar surface area (TPSA) is 90.8 Å². The Morgan fingerprint density at radius 2 is 1.76 bits per heavy atom. The zero-order valence-electron chi connectivity index (χ0n) is 14.8. The molecule has 1 rings (SSSR count). The molecule has 0 saturated heterocycles. The van der Waals surface area contributed by atoms with Crippen molar-refractivity contribution >= 4 is 6.09 Å². The van der Waals surface area contributed by atoms with E-state index < -0.39 is 41.7 Å². The van der Waals surface area contributed by atoms with E-state index in [1.165, 1.54) is 6.92 Å². The molecule has 0 fully saturated rings. The lowest BCUT2D eigenvalue weighted by atomic mass is 10.0. The second-order valence-corrected chi connectivity index (χ2v) is 6.89. The van der Waals surface area contributed by atoms with E-state index in [1.807, 2.05) is 0 Å². The number of ether oxygens (including phenoxy) is 1. The highest BCUT2D eigenvalue weighted by atomic mass is 19.1. The minimum atomic E-state index is -1.12. The average Bonchev–Trinajstić information content (AvgIpc) is 2.40. The van der Waals surface area contributed by atoms with E-state index in [1.54, 1.807) is 20.8 Å². The normalized spacial score (nSPS) is 15.4. The van der Waals surface area contributed by atoms with Crippen LogP contribution in [0.25, 0.3) is 0 Å². The van der Waals surface area contributed by atoms with Gasteiger partial charge < -0.3 is 20.3 Å². The number of rotatable bonds is 7. The van der Waals surface area contributed by atoms with Crippen molar-refractivity contribution in [3.05, 3.63) is 35.4 Å². The van der Waals surface area contributed by atoms with Crippen molar-refractivity contribution in [2.45, 2.75) is 58.1 Å². The minimum Gasteiger partial charge on any atom is -0.444 e. The third kappa shape index (κ3) is 8.76. The lowest BCUT2D eigenvalue weighted by molar-refractivity contribution is 0.0402. The molecule has 4 N–H and O–H groups in total. The van der Waals surface area contributed by atoms with Gasteiger partial charge in [0.25, 0.3) is 0 Å². The molecular formula is C17H26F2N2O4. The Kier molecular flexibility index (Phi) is 7.72. The summed E-state index contributed by atoms with van der Waals surface area (Å²) in [5.41, 5.74) is -0.461. The number of carbonyl (C=O) groups excluding carboxylic acids is 1. The van der Waals surface area contributed by atoms with Crippen LogP contribution in [0.15, 0.2) is 18.2 Å². The number of aliphatic hydroxyl groups is 2. The van der Waals surface area contributed by atoms with Crippen LogP contribution in [-0.2, 0) is 11.2 Å². The van der Waals surface area contributed by atoms with Crippen molar-refractivity contribution in [3.8, 4) is 0 Å². The van der Waals surface area contributed by atoms with Gasteiger partial charge in [-0.05, 0) is 51.8 Å². The molecule has 0 aliphatic rings. The number of carbonyl (C=O) groups is 1. The molecule has 6 nitrogen and oxygen atoms in total. The van der Waals surface area contributed by atoms with Crippen molar-refractivity contribution in [3.63, 3.8) is 0 Å². The largest absolute Gasteiger partial charge is 0.444 e. The van der Waals surface area contributed by atoms with E-state index in [0.29, 0.717) is 0 Å². The third-order valence-electron chi connectivity index (χ3n) is 3.17. The molecule has 142 valence electrons. The Labute approximate surface area is 146 Å². The molecule has 1 aromatic rings. The molecule has 1 amide bonds. The molecule has 3 unspecified atom stereocenters. The van der Waals surface area contributed by atoms with Crippen molar-refractivity contribution < 1.29 is 28.5 Å². The molecule has 0 bridgehead atoms. The zero-order valence-corrected chi connectivity index (χ0v) is 14.8. The van der Waals surface area contributed by atoms with Gasteiger partial charge in [0, 0.05) is 12.6 Å². The highest BCUT2D eigenvalue weighted by Gasteiger charge is 2.25. The van der Waals surface area contributed by atoms with Crippen molar-refractivity contribution in [1.82, 2.24) is 10.6 Å². The maximum absolute atomic E-state index is 13.4. The van der Waals surface area contributed by atoms with E-state index in [4.69, 9.17) is 4.74 Å². The van der Waals surface area contributed by atoms with Crippen LogP contribution in [0.1, 0.15) is 33.3 Å². The molecule has 8 heteroatoms. The Morgan fingerprint density at radius 1 is 1.20 bits per heavy atom. The SMILES string of the molecule is CC(O)NCC(O)C(Cc1cc(F)cc(F)c1)NC(=O)OC(C)(C)C. The summed E-state index contributed by atoms with van der Waals surface area (Å²) in [4.78, 5) is 12.0. The molecule has 3 atom stereocenters. The summed E-state index contributed by atoms with van der Waals surface area (Å²) in [6.07, 6.45) is -2.75. The van der Waals surface area contributed by atoms with E-state index in [2.05, 4.69) is 10.6 Å². The lowest BCUT2D eigenvalue weighted by Gasteiger charge is -2.27. The second-order valence-electron chi connectivity index (χ2n) is 6.89. The van der Waals surface area contributed by atoms with E-state index >= 15 is 0 Å². The summed E-state index contributed by atoms with van der Waals surface area (Å²) in [6, 6.07) is 2.12. The number of hydrogen-bond acceptors (Lipinski definition) is 5. The number of hydrogen-bond donors (Lipinski definition) is 4. The molecule has 0 heterocycles. The maximum atomic E-state index is 13.4. The van der Waals surface area contributed by atoms with Crippen LogP contribution >= 0.6 is 0 Å². The van der Waals surface area contributed by atoms with Gasteiger partial charge in [-0.25, -0.2) is 13.6 Å². The number of nitrogens with one attached hydrogen (secondary N) is 2. The van der Waals surface area contributed by atoms with Gasteiger partial charge in [-0.2, -0.15) is 0 Å². The van der Waals surface area contributed by atoms with Gasteiger partial charge in [-0.1, -0.05) is 0 Å². The standard InChI is InChI=1S/C17H26F2N2O4/c1-10(22)20-9-15(23)14(21-16(24)25-17(2,3)4)7-11-5-12(18)8-13(19)6-11/h5-6,8,10,14-15,20,22-23H,7,9H2,1-4H3,(H,21,24). The highest BCUT2D eigenvalue weighted by Crippen LogP contribution is 2.13. The fourth-order valence-electron chi connectivity index (χ4n) is 2.16. The predicted octanol–water partition coefficient (Wildman–Crippen LogP) is 1.69. The van der Waals surface area contributed by atoms with Gasteiger partial charge in [-0.15, -0.1) is 0 Å². The Balaban J connectivity index is 2.87. The van der Waals surface area contributed by atoms with Crippen molar-refractivity contribution in [2.24, 2.45) is 0 Å². The number of aliphatic hydroxyl groups excluding tert-OH is 2. The Morgan fingerprint density at radius 3 is 2.24 bits per heavy atom. The van der Waals surface area contributed by atoms with E-state index in [0.717, 1.165) is 18.2 Å². The first-order valence-corrected chi connectivity index (χ1v) is 8.00. The summed E-state index contributed by atoms with van der Waals surface area (Å²) in [6.45, 7) is 6.51. The van der Waals surface area contributed by atoms with Crippen LogP contribution < -0.4 is 10.6 Å². The second kappa shape index (κ2) is 9.07. The Hall–Kier alpha value is -1.77. The summed E-state index contributed by atoms with van der Waals surface area (Å²) >= 11 is 0. The van der Waals surface area contributed by atoms with Gasteiger partial charge in [-0.3, -0.25) is 5.32 Å². The van der Waals surface area contributed by atoms with Crippen LogP contribution in [0.3, 0.4) is 0 Å². The zero-order chi connectivity index (χ0) is 19.2. The van der Waals surface area contributed by atoms with Gasteiger partial charge in [0.05, 0.1) is 12.1 Å². The smallest absolute Gasteiger partial charge is 0.407 e. The van der Waals surface area contributed by atoms with Gasteiger partial charge in [0.1, 0.15) is 23.5 Å².